The van der Waals surface area contributed by atoms with Gasteiger partial charge in [0.2, 0.25) is 0 Å². The Morgan fingerprint density at radius 1 is 1.29 bits per heavy atom. The first-order valence-electron chi connectivity index (χ1n) is 10.0. The second kappa shape index (κ2) is 9.35. The zero-order chi connectivity index (χ0) is 24.6. The smallest absolute Gasteiger partial charge is 0.333 e. The molecule has 1 aliphatic rings. The molecule has 1 aromatic heterocycles. The molecule has 4 rings (SSSR count). The topological polar surface area (TPSA) is 133 Å². The summed E-state index contributed by atoms with van der Waals surface area (Å²) in [7, 11) is 1.51. The van der Waals surface area contributed by atoms with E-state index in [0.29, 0.717) is 10.8 Å². The highest BCUT2D eigenvalue weighted by molar-refractivity contribution is 8.05. The lowest BCUT2D eigenvalue weighted by molar-refractivity contribution is -0.139. The van der Waals surface area contributed by atoms with Gasteiger partial charge in [0.25, 0.3) is 11.5 Å². The van der Waals surface area contributed by atoms with E-state index in [0.717, 1.165) is 22.4 Å². The number of hydrogen-bond donors (Lipinski definition) is 4. The number of aliphatic carboxylic acids is 1. The molecule has 0 aliphatic carbocycles. The van der Waals surface area contributed by atoms with Crippen molar-refractivity contribution >= 4 is 51.8 Å². The van der Waals surface area contributed by atoms with E-state index in [4.69, 9.17) is 11.6 Å². The van der Waals surface area contributed by atoms with Crippen LogP contribution in [0.2, 0.25) is 0 Å². The van der Waals surface area contributed by atoms with E-state index >= 15 is 0 Å². The highest BCUT2D eigenvalue weighted by Crippen LogP contribution is 2.36. The summed E-state index contributed by atoms with van der Waals surface area (Å²) in [6.45, 7) is 0. The molecule has 0 saturated carbocycles. The second-order valence-corrected chi connectivity index (χ2v) is 9.35. The molecule has 2 unspecified atom stereocenters. The number of thioether (sulfide) groups is 1. The molecule has 0 bridgehead atoms. The number of hydrogen-bond acceptors (Lipinski definition) is 6. The van der Waals surface area contributed by atoms with Gasteiger partial charge in [-0.2, -0.15) is 0 Å². The number of nitrogens with zero attached hydrogens (tertiary/aromatic N) is 1. The van der Waals surface area contributed by atoms with E-state index in [9.17, 15) is 28.7 Å². The van der Waals surface area contributed by atoms with Crippen LogP contribution in [0.3, 0.4) is 0 Å². The predicted octanol–water partition coefficient (Wildman–Crippen LogP) is 2.63. The maximum atomic E-state index is 14.2. The first-order chi connectivity index (χ1) is 16.2. The number of halogens is 2. The number of carboxylic acid groups (broad SMARTS) is 1. The van der Waals surface area contributed by atoms with Gasteiger partial charge in [0, 0.05) is 17.9 Å². The largest absolute Gasteiger partial charge is 0.480 e. The maximum Gasteiger partial charge on any atom is 0.333 e. The summed E-state index contributed by atoms with van der Waals surface area (Å²) in [4.78, 5) is 52.8. The Bertz CT molecular complexity index is 1470. The third kappa shape index (κ3) is 4.44. The van der Waals surface area contributed by atoms with Crippen LogP contribution >= 0.6 is 23.4 Å². The summed E-state index contributed by atoms with van der Waals surface area (Å²) >= 11 is 7.07. The first kappa shape index (κ1) is 23.6. The van der Waals surface area contributed by atoms with Crippen molar-refractivity contribution in [3.63, 3.8) is 0 Å². The molecule has 12 heteroatoms. The van der Waals surface area contributed by atoms with Crippen molar-refractivity contribution in [1.82, 2.24) is 14.9 Å². The SMILES string of the molecule is CNc1cc2[nH]c(=O)n(-c3cccc(C(=O)NC(C(=O)O)C4CC=C(Cl)S4)c3)c(=O)c2cc1F. The molecule has 9 nitrogen and oxygen atoms in total. The average Bonchev–Trinajstić information content (AvgIpc) is 3.23. The van der Waals surface area contributed by atoms with Crippen LogP contribution in [0.5, 0.6) is 0 Å². The van der Waals surface area contributed by atoms with Gasteiger partial charge < -0.3 is 20.7 Å². The average molecular weight is 505 g/mol. The van der Waals surface area contributed by atoms with Gasteiger partial charge in [-0.3, -0.25) is 9.59 Å². The van der Waals surface area contributed by atoms with Gasteiger partial charge in [0.1, 0.15) is 11.9 Å². The van der Waals surface area contributed by atoms with Crippen molar-refractivity contribution in [2.45, 2.75) is 17.7 Å². The summed E-state index contributed by atoms with van der Waals surface area (Å²) in [6.07, 6.45) is 2.06. The van der Waals surface area contributed by atoms with Gasteiger partial charge in [0.15, 0.2) is 0 Å². The Hall–Kier alpha value is -3.57. The molecule has 2 aromatic carbocycles. The minimum absolute atomic E-state index is 0.0360. The molecule has 3 aromatic rings. The molecule has 34 heavy (non-hydrogen) atoms. The maximum absolute atomic E-state index is 14.2. The van der Waals surface area contributed by atoms with E-state index in [-0.39, 0.29) is 27.8 Å². The Morgan fingerprint density at radius 2 is 2.06 bits per heavy atom. The lowest BCUT2D eigenvalue weighted by Gasteiger charge is -2.20. The highest BCUT2D eigenvalue weighted by atomic mass is 35.5. The van der Waals surface area contributed by atoms with Crippen LogP contribution in [0, 0.1) is 5.82 Å². The van der Waals surface area contributed by atoms with E-state index in [2.05, 4.69) is 15.6 Å². The summed E-state index contributed by atoms with van der Waals surface area (Å²) in [5, 5.41) is 14.1. The van der Waals surface area contributed by atoms with Gasteiger partial charge in [-0.1, -0.05) is 23.7 Å². The number of carboxylic acids is 1. The number of aromatic amines is 1. The molecular formula is C22H18ClFN4O5S. The van der Waals surface area contributed by atoms with Gasteiger partial charge >= 0.3 is 11.7 Å². The van der Waals surface area contributed by atoms with E-state index in [1.165, 1.54) is 37.4 Å². The molecule has 0 saturated heterocycles. The summed E-state index contributed by atoms with van der Waals surface area (Å²) < 4.78 is 15.5. The number of H-pyrrole nitrogens is 1. The fourth-order valence-electron chi connectivity index (χ4n) is 3.64. The number of carbonyl (C=O) groups excluding carboxylic acids is 1. The van der Waals surface area contributed by atoms with Crippen LogP contribution in [0.4, 0.5) is 10.1 Å². The van der Waals surface area contributed by atoms with Crippen LogP contribution < -0.4 is 21.9 Å². The van der Waals surface area contributed by atoms with E-state index in [1.54, 1.807) is 6.08 Å². The Kier molecular flexibility index (Phi) is 6.49. The number of fused-ring (bicyclic) bond motifs is 1. The number of allylic oxidation sites excluding steroid dienone is 1. The molecule has 0 radical (unpaired) electrons. The number of benzene rings is 2. The van der Waals surface area contributed by atoms with Crippen molar-refractivity contribution < 1.29 is 19.1 Å². The van der Waals surface area contributed by atoms with Gasteiger partial charge in [-0.05, 0) is 36.8 Å². The van der Waals surface area contributed by atoms with Crippen LogP contribution in [0.15, 0.2) is 56.4 Å². The molecule has 4 N–H and O–H groups in total. The molecule has 1 aliphatic heterocycles. The van der Waals surface area contributed by atoms with E-state index in [1.807, 2.05) is 0 Å². The quantitative estimate of drug-likeness (QED) is 0.405. The normalized spacial score (nSPS) is 16.2. The van der Waals surface area contributed by atoms with Crippen LogP contribution in [-0.2, 0) is 4.79 Å². The molecule has 1 amide bonds. The van der Waals surface area contributed by atoms with Crippen LogP contribution in [0.25, 0.3) is 16.6 Å². The van der Waals surface area contributed by atoms with Gasteiger partial charge in [0.05, 0.1) is 26.6 Å². The highest BCUT2D eigenvalue weighted by Gasteiger charge is 2.33. The molecule has 176 valence electrons. The number of carbonyl (C=O) groups is 2. The summed E-state index contributed by atoms with van der Waals surface area (Å²) in [6, 6.07) is 6.71. The Balaban J connectivity index is 1.70. The second-order valence-electron chi connectivity index (χ2n) is 7.44. The molecule has 2 atom stereocenters. The summed E-state index contributed by atoms with van der Waals surface area (Å²) in [5.74, 6) is -2.59. The van der Waals surface area contributed by atoms with Crippen molar-refractivity contribution in [3.8, 4) is 5.69 Å². The first-order valence-corrected chi connectivity index (χ1v) is 11.3. The monoisotopic (exact) mass is 504 g/mol. The zero-order valence-corrected chi connectivity index (χ0v) is 19.2. The van der Waals surface area contributed by atoms with Crippen molar-refractivity contribution in [3.05, 3.63) is 79.1 Å². The minimum atomic E-state index is -1.22. The molecule has 2 heterocycles. The number of nitrogens with one attached hydrogen (secondary N) is 3. The van der Waals surface area contributed by atoms with Gasteiger partial charge in [-0.25, -0.2) is 18.5 Å². The lowest BCUT2D eigenvalue weighted by Crippen LogP contribution is -2.47. The standard InChI is InChI=1S/C22H18ClFN4O5S/c1-25-15-9-14-12(8-13(15)24)20(30)28(22(33)26-14)11-4-2-3-10(7-11)19(29)27-18(21(31)32)16-5-6-17(23)34-16/h2-4,6-9,16,18,25H,5H2,1H3,(H,26,33)(H,27,29)(H,31,32). The third-order valence-corrected chi connectivity index (χ3v) is 6.90. The predicted molar refractivity (Wildman–Crippen MR) is 128 cm³/mol. The van der Waals surface area contributed by atoms with Crippen molar-refractivity contribution in [2.75, 3.05) is 12.4 Å². The lowest BCUT2D eigenvalue weighted by atomic mass is 10.1. The Morgan fingerprint density at radius 3 is 2.71 bits per heavy atom. The molecule has 0 spiro atoms. The molecular weight excluding hydrogens is 487 g/mol. The number of anilines is 1. The third-order valence-electron chi connectivity index (χ3n) is 5.32. The minimum Gasteiger partial charge on any atom is -0.480 e. The fraction of sp³-hybridized carbons (Fsp3) is 0.182. The number of rotatable bonds is 6. The van der Waals surface area contributed by atoms with Gasteiger partial charge in [-0.15, -0.1) is 11.8 Å². The number of amides is 1. The van der Waals surface area contributed by atoms with Crippen LogP contribution in [-0.4, -0.2) is 44.9 Å². The van der Waals surface area contributed by atoms with E-state index < -0.39 is 40.2 Å². The Labute approximate surface area is 200 Å². The van der Waals surface area contributed by atoms with Crippen LogP contribution in [0.1, 0.15) is 16.8 Å². The summed E-state index contributed by atoms with van der Waals surface area (Å²) in [5.41, 5.74) is -1.19. The fourth-order valence-corrected chi connectivity index (χ4v) is 5.07. The van der Waals surface area contributed by atoms with Crippen molar-refractivity contribution in [1.29, 1.82) is 0 Å². The molecule has 0 fully saturated rings. The zero-order valence-electron chi connectivity index (χ0n) is 17.6. The van der Waals surface area contributed by atoms with Crippen molar-refractivity contribution in [2.24, 2.45) is 0 Å². The number of aromatic nitrogens is 2.